The van der Waals surface area contributed by atoms with E-state index in [0.717, 1.165) is 4.90 Å². The molecule has 0 unspecified atom stereocenters. The summed E-state index contributed by atoms with van der Waals surface area (Å²) in [5.41, 5.74) is 0.115. The molecule has 1 saturated heterocycles. The van der Waals surface area contributed by atoms with Crippen LogP contribution < -0.4 is 4.90 Å². The molecule has 1 fully saturated rings. The number of hydrogen-bond acceptors (Lipinski definition) is 8. The predicted octanol–water partition coefficient (Wildman–Crippen LogP) is 3.80. The minimum atomic E-state index is -0.818. The molecule has 2 aliphatic rings. The van der Waals surface area contributed by atoms with Gasteiger partial charge in [-0.15, -0.1) is 0 Å². The third kappa shape index (κ3) is 4.70. The Balaban J connectivity index is 1.62. The Kier molecular flexibility index (Phi) is 6.36. The van der Waals surface area contributed by atoms with E-state index in [1.54, 1.807) is 33.0 Å². The lowest BCUT2D eigenvalue weighted by molar-refractivity contribution is 0.0247. The van der Waals surface area contributed by atoms with Crippen LogP contribution in [0.3, 0.4) is 0 Å². The molecule has 0 spiro atoms. The molecule has 0 bridgehead atoms. The molecule has 3 aromatic rings. The highest BCUT2D eigenvalue weighted by Gasteiger charge is 2.39. The molecule has 2 aliphatic heterocycles. The van der Waals surface area contributed by atoms with Crippen LogP contribution >= 0.6 is 0 Å². The number of anilines is 1. The number of aliphatic hydroxyl groups is 1. The number of nitriles is 1. The number of pyridine rings is 1. The largest absolute Gasteiger partial charge is 0.443 e. The van der Waals surface area contributed by atoms with Crippen LogP contribution in [0.1, 0.15) is 55.2 Å². The molecule has 10 nitrogen and oxygen atoms in total. The second-order valence-electron chi connectivity index (χ2n) is 10.3. The number of halogens is 1. The number of amides is 2. The molecular formula is C27H27FN6O4. The average molecular weight is 519 g/mol. The predicted molar refractivity (Wildman–Crippen MR) is 135 cm³/mol. The van der Waals surface area contributed by atoms with E-state index in [9.17, 15) is 24.3 Å². The fraction of sp³-hybridized carbons (Fsp3) is 0.370. The summed E-state index contributed by atoms with van der Waals surface area (Å²) in [6, 6.07) is 9.45. The van der Waals surface area contributed by atoms with Crippen molar-refractivity contribution in [2.45, 2.75) is 51.9 Å². The van der Waals surface area contributed by atoms with Crippen LogP contribution in [0.25, 0.3) is 16.9 Å². The first-order valence-electron chi connectivity index (χ1n) is 12.3. The number of aromatic nitrogens is 3. The Bertz CT molecular complexity index is 1460. The second kappa shape index (κ2) is 9.54. The minimum Gasteiger partial charge on any atom is -0.443 e. The maximum absolute atomic E-state index is 15.0. The number of fused-ring (bicyclic) bond motifs is 1. The highest BCUT2D eigenvalue weighted by molar-refractivity contribution is 6.08. The smallest absolute Gasteiger partial charge is 0.417 e. The summed E-state index contributed by atoms with van der Waals surface area (Å²) in [4.78, 5) is 33.8. The first-order chi connectivity index (χ1) is 18.1. The van der Waals surface area contributed by atoms with E-state index < -0.39 is 23.4 Å². The fourth-order valence-electron chi connectivity index (χ4n) is 4.65. The van der Waals surface area contributed by atoms with Crippen LogP contribution in [0.2, 0.25) is 0 Å². The van der Waals surface area contributed by atoms with Gasteiger partial charge in [0.25, 0.3) is 5.91 Å². The lowest BCUT2D eigenvalue weighted by Gasteiger charge is -2.29. The molecule has 196 valence electrons. The van der Waals surface area contributed by atoms with Gasteiger partial charge >= 0.3 is 6.09 Å². The van der Waals surface area contributed by atoms with E-state index in [1.165, 1.54) is 28.9 Å². The Morgan fingerprint density at radius 2 is 1.95 bits per heavy atom. The van der Waals surface area contributed by atoms with E-state index >= 15 is 0 Å². The Morgan fingerprint density at radius 1 is 1.21 bits per heavy atom. The van der Waals surface area contributed by atoms with E-state index in [2.05, 4.69) is 10.1 Å². The molecule has 1 aromatic carbocycles. The monoisotopic (exact) mass is 518 g/mol. The number of imide groups is 1. The zero-order valence-corrected chi connectivity index (χ0v) is 21.3. The number of rotatable bonds is 3. The van der Waals surface area contributed by atoms with Crippen molar-refractivity contribution in [2.75, 3.05) is 18.0 Å². The van der Waals surface area contributed by atoms with E-state index in [-0.39, 0.29) is 40.7 Å². The summed E-state index contributed by atoms with van der Waals surface area (Å²) in [5.74, 6) is -0.582. The first kappa shape index (κ1) is 25.4. The average Bonchev–Trinajstić information content (AvgIpc) is 3.48. The highest BCUT2D eigenvalue weighted by atomic mass is 19.1. The van der Waals surface area contributed by atoms with Gasteiger partial charge < -0.3 is 14.7 Å². The van der Waals surface area contributed by atoms with Gasteiger partial charge in [-0.3, -0.25) is 4.79 Å². The van der Waals surface area contributed by atoms with Gasteiger partial charge in [0, 0.05) is 25.4 Å². The fourth-order valence-corrected chi connectivity index (χ4v) is 4.65. The van der Waals surface area contributed by atoms with Crippen molar-refractivity contribution < 1.29 is 23.8 Å². The van der Waals surface area contributed by atoms with Gasteiger partial charge in [0.2, 0.25) is 0 Å². The number of aliphatic hydroxyl groups excluding tert-OH is 1. The van der Waals surface area contributed by atoms with Gasteiger partial charge in [-0.1, -0.05) is 6.07 Å². The van der Waals surface area contributed by atoms with Gasteiger partial charge in [-0.05, 0) is 51.8 Å². The summed E-state index contributed by atoms with van der Waals surface area (Å²) >= 11 is 0. The van der Waals surface area contributed by atoms with Crippen molar-refractivity contribution >= 4 is 17.8 Å². The van der Waals surface area contributed by atoms with Crippen molar-refractivity contribution in [3.8, 4) is 23.0 Å². The molecule has 2 amide bonds. The van der Waals surface area contributed by atoms with E-state index in [0.29, 0.717) is 37.4 Å². The zero-order chi connectivity index (χ0) is 27.2. The molecule has 4 heterocycles. The molecule has 0 aliphatic carbocycles. The summed E-state index contributed by atoms with van der Waals surface area (Å²) in [6.07, 6.45) is 1.76. The quantitative estimate of drug-likeness (QED) is 0.555. The molecule has 1 N–H and O–H groups in total. The molecular weight excluding hydrogens is 491 g/mol. The summed E-state index contributed by atoms with van der Waals surface area (Å²) in [5, 5.41) is 24.1. The Morgan fingerprint density at radius 3 is 2.63 bits per heavy atom. The number of nitrogens with zero attached hydrogens (tertiary/aromatic N) is 6. The standard InChI is InChI=1S/C27H27FN6O4/c1-27(2,3)38-26(37)33-15-20-24(25(33)36)21(13-19(30-20)23-16(14-29)5-4-6-18(23)28)34-12-9-22(31-34)32-10-7-17(35)8-11-32/h4-6,9,12-13,17,35H,7-8,10-11,15H2,1-3H3. The molecule has 11 heteroatoms. The van der Waals surface area contributed by atoms with Gasteiger partial charge in [0.1, 0.15) is 11.4 Å². The number of benzene rings is 1. The van der Waals surface area contributed by atoms with E-state index in [1.807, 2.05) is 11.0 Å². The van der Waals surface area contributed by atoms with Crippen LogP contribution in [-0.2, 0) is 11.3 Å². The highest BCUT2D eigenvalue weighted by Crippen LogP contribution is 2.34. The van der Waals surface area contributed by atoms with Gasteiger partial charge in [-0.25, -0.2) is 23.8 Å². The van der Waals surface area contributed by atoms with E-state index in [4.69, 9.17) is 4.74 Å². The van der Waals surface area contributed by atoms with Crippen LogP contribution in [0, 0.1) is 17.1 Å². The van der Waals surface area contributed by atoms with Crippen LogP contribution in [-0.4, -0.2) is 61.6 Å². The van der Waals surface area contributed by atoms with Crippen LogP contribution in [0.15, 0.2) is 36.5 Å². The number of carbonyl (C=O) groups is 2. The topological polar surface area (TPSA) is 125 Å². The SMILES string of the molecule is CC(C)(C)OC(=O)N1Cc2nc(-c3c(F)cccc3C#N)cc(-n3ccc(N4CCC(O)CC4)n3)c2C1=O. The van der Waals surface area contributed by atoms with Gasteiger partial charge in [0.15, 0.2) is 5.82 Å². The van der Waals surface area contributed by atoms with Gasteiger partial charge in [0.05, 0.1) is 52.5 Å². The number of piperidine rings is 1. The lowest BCUT2D eigenvalue weighted by Crippen LogP contribution is -2.37. The second-order valence-corrected chi connectivity index (χ2v) is 10.3. The number of carbonyl (C=O) groups excluding carboxylic acids is 2. The number of hydrogen-bond donors (Lipinski definition) is 1. The summed E-state index contributed by atoms with van der Waals surface area (Å²) < 4.78 is 21.9. The molecule has 0 radical (unpaired) electrons. The molecule has 0 atom stereocenters. The third-order valence-corrected chi connectivity index (χ3v) is 6.45. The van der Waals surface area contributed by atoms with Crippen molar-refractivity contribution in [1.29, 1.82) is 5.26 Å². The van der Waals surface area contributed by atoms with Crippen molar-refractivity contribution in [3.05, 3.63) is 59.2 Å². The first-order valence-corrected chi connectivity index (χ1v) is 12.3. The third-order valence-electron chi connectivity index (χ3n) is 6.45. The maximum atomic E-state index is 15.0. The molecule has 5 rings (SSSR count). The minimum absolute atomic E-state index is 0.000357. The molecule has 2 aromatic heterocycles. The molecule has 38 heavy (non-hydrogen) atoms. The normalized spacial score (nSPS) is 15.9. The van der Waals surface area contributed by atoms with Crippen LogP contribution in [0.4, 0.5) is 15.0 Å². The van der Waals surface area contributed by atoms with Gasteiger partial charge in [-0.2, -0.15) is 10.4 Å². The van der Waals surface area contributed by atoms with Crippen molar-refractivity contribution in [3.63, 3.8) is 0 Å². The number of ether oxygens (including phenoxy) is 1. The van der Waals surface area contributed by atoms with Crippen molar-refractivity contribution in [2.24, 2.45) is 0 Å². The Hall–Kier alpha value is -4.30. The Labute approximate surface area is 218 Å². The van der Waals surface area contributed by atoms with Crippen molar-refractivity contribution in [1.82, 2.24) is 19.7 Å². The zero-order valence-electron chi connectivity index (χ0n) is 21.3. The maximum Gasteiger partial charge on any atom is 0.417 e. The summed E-state index contributed by atoms with van der Waals surface area (Å²) in [6.45, 7) is 6.19. The lowest BCUT2D eigenvalue weighted by atomic mass is 10.0. The molecule has 0 saturated carbocycles. The van der Waals surface area contributed by atoms with Crippen LogP contribution in [0.5, 0.6) is 0 Å². The summed E-state index contributed by atoms with van der Waals surface area (Å²) in [7, 11) is 0.